The van der Waals surface area contributed by atoms with Gasteiger partial charge in [0.25, 0.3) is 0 Å². The van der Waals surface area contributed by atoms with E-state index in [0.717, 1.165) is 0 Å². The highest BCUT2D eigenvalue weighted by atomic mass is 16.5. The number of aromatic hydroxyl groups is 3. The largest absolute Gasteiger partial charge is 0.504 e. The molecule has 0 bridgehead atoms. The Labute approximate surface area is 87.6 Å². The number of esters is 1. The highest BCUT2D eigenvalue weighted by Gasteiger charge is 2.00. The Balaban J connectivity index is 0.000000288. The topological polar surface area (TPSA) is 87.0 Å². The summed E-state index contributed by atoms with van der Waals surface area (Å²) in [6.07, 6.45) is 0. The lowest BCUT2D eigenvalue weighted by molar-refractivity contribution is -0.140. The van der Waals surface area contributed by atoms with E-state index in [1.807, 2.05) is 0 Å². The fourth-order valence-electron chi connectivity index (χ4n) is 0.723. The second kappa shape index (κ2) is 6.53. The molecule has 0 aliphatic rings. The van der Waals surface area contributed by atoms with E-state index in [0.29, 0.717) is 6.61 Å². The number of hydrogen-bond donors (Lipinski definition) is 3. The van der Waals surface area contributed by atoms with Gasteiger partial charge in [0.2, 0.25) is 0 Å². The first-order valence-corrected chi connectivity index (χ1v) is 4.32. The molecule has 0 spiro atoms. The number of phenols is 3. The van der Waals surface area contributed by atoms with Gasteiger partial charge >= 0.3 is 5.97 Å². The molecule has 5 nitrogen and oxygen atoms in total. The normalized spacial score (nSPS) is 8.67. The van der Waals surface area contributed by atoms with Gasteiger partial charge in [-0.3, -0.25) is 4.79 Å². The van der Waals surface area contributed by atoms with Gasteiger partial charge in [-0.1, -0.05) is 6.07 Å². The van der Waals surface area contributed by atoms with Gasteiger partial charge in [0, 0.05) is 6.92 Å². The third kappa shape index (κ3) is 5.41. The molecule has 0 radical (unpaired) electrons. The maximum atomic E-state index is 9.82. The number of ether oxygens (including phenoxy) is 1. The summed E-state index contributed by atoms with van der Waals surface area (Å²) in [6, 6.07) is 4.01. The smallest absolute Gasteiger partial charge is 0.302 e. The number of phenolic OH excluding ortho intramolecular Hbond substituents is 3. The fourth-order valence-corrected chi connectivity index (χ4v) is 0.723. The van der Waals surface area contributed by atoms with Crippen molar-refractivity contribution < 1.29 is 24.9 Å². The molecule has 1 aromatic carbocycles. The molecule has 0 amide bonds. The first-order chi connectivity index (χ1) is 6.99. The Kier molecular flexibility index (Phi) is 5.70. The van der Waals surface area contributed by atoms with Gasteiger partial charge < -0.3 is 20.1 Å². The van der Waals surface area contributed by atoms with Crippen molar-refractivity contribution in [1.82, 2.24) is 0 Å². The van der Waals surface area contributed by atoms with Crippen LogP contribution in [-0.2, 0) is 9.53 Å². The lowest BCUT2D eigenvalue weighted by Gasteiger charge is -1.96. The predicted molar refractivity (Wildman–Crippen MR) is 53.7 cm³/mol. The van der Waals surface area contributed by atoms with Gasteiger partial charge in [0.15, 0.2) is 17.2 Å². The van der Waals surface area contributed by atoms with Crippen molar-refractivity contribution in [3.63, 3.8) is 0 Å². The number of carbonyl (C=O) groups is 1. The van der Waals surface area contributed by atoms with Gasteiger partial charge in [-0.2, -0.15) is 0 Å². The zero-order valence-corrected chi connectivity index (χ0v) is 8.60. The zero-order valence-electron chi connectivity index (χ0n) is 8.60. The van der Waals surface area contributed by atoms with Crippen LogP contribution in [0.15, 0.2) is 18.2 Å². The second-order valence-corrected chi connectivity index (χ2v) is 2.57. The van der Waals surface area contributed by atoms with E-state index in [1.54, 1.807) is 6.92 Å². The summed E-state index contributed by atoms with van der Waals surface area (Å²) in [4.78, 5) is 9.82. The summed E-state index contributed by atoms with van der Waals surface area (Å²) in [5.41, 5.74) is 0. The first kappa shape index (κ1) is 13.1. The molecule has 0 saturated carbocycles. The lowest BCUT2D eigenvalue weighted by Crippen LogP contribution is -1.95. The maximum absolute atomic E-state index is 9.82. The molecule has 15 heavy (non-hydrogen) atoms. The summed E-state index contributed by atoms with van der Waals surface area (Å²) in [6.45, 7) is 3.65. The number of hydrogen-bond acceptors (Lipinski definition) is 5. The highest BCUT2D eigenvalue weighted by molar-refractivity contribution is 5.65. The lowest BCUT2D eigenvalue weighted by atomic mass is 10.3. The molecule has 0 unspecified atom stereocenters. The summed E-state index contributed by atoms with van der Waals surface area (Å²) in [5, 5.41) is 26.1. The maximum Gasteiger partial charge on any atom is 0.302 e. The Morgan fingerprint density at radius 1 is 1.27 bits per heavy atom. The molecule has 3 N–H and O–H groups in total. The van der Waals surface area contributed by atoms with Crippen LogP contribution < -0.4 is 0 Å². The standard InChI is InChI=1S/C6H6O3.C4H8O2/c7-4-2-1-3-5(8)6(4)9;1-3-6-4(2)5/h1-3,7-9H;3H2,1-2H3. The molecule has 0 aromatic heterocycles. The van der Waals surface area contributed by atoms with Gasteiger partial charge in [0.1, 0.15) is 0 Å². The van der Waals surface area contributed by atoms with Gasteiger partial charge in [-0.05, 0) is 19.1 Å². The number of benzene rings is 1. The minimum absolute atomic E-state index is 0.211. The Morgan fingerprint density at radius 2 is 1.73 bits per heavy atom. The van der Waals surface area contributed by atoms with E-state index in [2.05, 4.69) is 4.74 Å². The van der Waals surface area contributed by atoms with Crippen LogP contribution in [-0.4, -0.2) is 27.9 Å². The molecular formula is C10H14O5. The monoisotopic (exact) mass is 214 g/mol. The summed E-state index contributed by atoms with van der Waals surface area (Å²) in [7, 11) is 0. The third-order valence-corrected chi connectivity index (χ3v) is 1.34. The van der Waals surface area contributed by atoms with E-state index in [-0.39, 0.29) is 17.5 Å². The average molecular weight is 214 g/mol. The van der Waals surface area contributed by atoms with Gasteiger partial charge in [0.05, 0.1) is 6.61 Å². The second-order valence-electron chi connectivity index (χ2n) is 2.57. The van der Waals surface area contributed by atoms with Crippen LogP contribution in [0.2, 0.25) is 0 Å². The zero-order chi connectivity index (χ0) is 11.8. The Bertz CT molecular complexity index is 301. The minimum Gasteiger partial charge on any atom is -0.504 e. The van der Waals surface area contributed by atoms with E-state index in [4.69, 9.17) is 15.3 Å². The summed E-state index contributed by atoms with van der Waals surface area (Å²) in [5.74, 6) is -1.31. The summed E-state index contributed by atoms with van der Waals surface area (Å²) < 4.78 is 4.40. The van der Waals surface area contributed by atoms with Crippen molar-refractivity contribution in [2.45, 2.75) is 13.8 Å². The van der Waals surface area contributed by atoms with Gasteiger partial charge in [-0.15, -0.1) is 0 Å². The third-order valence-electron chi connectivity index (χ3n) is 1.34. The summed E-state index contributed by atoms with van der Waals surface area (Å²) >= 11 is 0. The molecule has 84 valence electrons. The van der Waals surface area contributed by atoms with Crippen LogP contribution in [0.5, 0.6) is 17.2 Å². The number of para-hydroxylation sites is 1. The number of rotatable bonds is 1. The van der Waals surface area contributed by atoms with Crippen molar-refractivity contribution >= 4 is 5.97 Å². The molecular weight excluding hydrogens is 200 g/mol. The van der Waals surface area contributed by atoms with E-state index in [1.165, 1.54) is 25.1 Å². The first-order valence-electron chi connectivity index (χ1n) is 4.32. The van der Waals surface area contributed by atoms with Crippen molar-refractivity contribution in [1.29, 1.82) is 0 Å². The average Bonchev–Trinajstić information content (AvgIpc) is 2.15. The van der Waals surface area contributed by atoms with Gasteiger partial charge in [-0.25, -0.2) is 0 Å². The fraction of sp³-hybridized carbons (Fsp3) is 0.300. The van der Waals surface area contributed by atoms with Crippen LogP contribution in [0.4, 0.5) is 0 Å². The molecule has 0 saturated heterocycles. The molecule has 0 aliphatic carbocycles. The molecule has 5 heteroatoms. The van der Waals surface area contributed by atoms with Crippen LogP contribution >= 0.6 is 0 Å². The van der Waals surface area contributed by atoms with Crippen molar-refractivity contribution in [3.8, 4) is 17.2 Å². The van der Waals surface area contributed by atoms with E-state index in [9.17, 15) is 4.79 Å². The molecule has 0 heterocycles. The number of carbonyl (C=O) groups excluding carboxylic acids is 1. The molecule has 1 aromatic rings. The molecule has 0 aliphatic heterocycles. The van der Waals surface area contributed by atoms with E-state index < -0.39 is 5.75 Å². The van der Waals surface area contributed by atoms with Crippen molar-refractivity contribution in [2.24, 2.45) is 0 Å². The molecule has 0 atom stereocenters. The quantitative estimate of drug-likeness (QED) is 0.485. The van der Waals surface area contributed by atoms with Crippen LogP contribution in [0, 0.1) is 0 Å². The highest BCUT2D eigenvalue weighted by Crippen LogP contribution is 2.32. The van der Waals surface area contributed by atoms with Crippen LogP contribution in [0.1, 0.15) is 13.8 Å². The van der Waals surface area contributed by atoms with E-state index >= 15 is 0 Å². The SMILES string of the molecule is CCOC(C)=O.Oc1cccc(O)c1O. The Morgan fingerprint density at radius 3 is 1.93 bits per heavy atom. The Hall–Kier alpha value is -1.91. The molecule has 1 rings (SSSR count). The van der Waals surface area contributed by atoms with Crippen LogP contribution in [0.25, 0.3) is 0 Å². The van der Waals surface area contributed by atoms with Crippen molar-refractivity contribution in [3.05, 3.63) is 18.2 Å². The van der Waals surface area contributed by atoms with Crippen molar-refractivity contribution in [2.75, 3.05) is 6.61 Å². The molecule has 0 fully saturated rings. The predicted octanol–water partition coefficient (Wildman–Crippen LogP) is 1.37. The van der Waals surface area contributed by atoms with Crippen LogP contribution in [0.3, 0.4) is 0 Å². The minimum atomic E-state index is -0.475.